The van der Waals surface area contributed by atoms with Gasteiger partial charge < -0.3 is 10.3 Å². The van der Waals surface area contributed by atoms with Crippen LogP contribution in [0.3, 0.4) is 0 Å². The molecule has 120 valence electrons. The van der Waals surface area contributed by atoms with E-state index in [0.717, 1.165) is 11.4 Å². The van der Waals surface area contributed by atoms with Gasteiger partial charge in [-0.05, 0) is 19.1 Å². The van der Waals surface area contributed by atoms with Gasteiger partial charge in [0.15, 0.2) is 11.5 Å². The smallest absolute Gasteiger partial charge is 0.183 e. The second kappa shape index (κ2) is 5.77. The lowest BCUT2D eigenvalue weighted by Gasteiger charge is -2.04. The maximum Gasteiger partial charge on any atom is 0.183 e. The van der Waals surface area contributed by atoms with Crippen LogP contribution in [0, 0.1) is 6.92 Å². The van der Waals surface area contributed by atoms with Crippen molar-refractivity contribution in [1.29, 1.82) is 0 Å². The fourth-order valence-corrected chi connectivity index (χ4v) is 2.95. The van der Waals surface area contributed by atoms with E-state index in [1.807, 2.05) is 6.92 Å². The van der Waals surface area contributed by atoms with Crippen LogP contribution in [0.4, 0.5) is 11.5 Å². The van der Waals surface area contributed by atoms with Crippen LogP contribution in [0.25, 0.3) is 22.6 Å². The van der Waals surface area contributed by atoms with E-state index in [0.29, 0.717) is 38.4 Å². The van der Waals surface area contributed by atoms with Gasteiger partial charge in [-0.3, -0.25) is 5.10 Å². The van der Waals surface area contributed by atoms with E-state index in [1.165, 1.54) is 6.33 Å². The van der Waals surface area contributed by atoms with Crippen molar-refractivity contribution in [2.75, 3.05) is 5.32 Å². The fourth-order valence-electron chi connectivity index (χ4n) is 2.37. The molecule has 0 aliphatic heterocycles. The van der Waals surface area contributed by atoms with Gasteiger partial charge in [-0.25, -0.2) is 15.0 Å². The zero-order valence-corrected chi connectivity index (χ0v) is 13.9. The molecule has 7 nitrogen and oxygen atoms in total. The third kappa shape index (κ3) is 2.47. The highest BCUT2D eigenvalue weighted by molar-refractivity contribution is 6.39. The summed E-state index contributed by atoms with van der Waals surface area (Å²) in [5.41, 5.74) is 3.52. The molecular weight excluding hydrogens is 349 g/mol. The lowest BCUT2D eigenvalue weighted by Crippen LogP contribution is -1.96. The second-order valence-corrected chi connectivity index (χ2v) is 5.95. The van der Waals surface area contributed by atoms with Gasteiger partial charge in [0, 0.05) is 0 Å². The van der Waals surface area contributed by atoms with Crippen LogP contribution in [-0.4, -0.2) is 30.1 Å². The Bertz CT molecular complexity index is 1020. The third-order valence-corrected chi connectivity index (χ3v) is 4.20. The minimum Gasteiger partial charge on any atom is -0.336 e. The maximum absolute atomic E-state index is 6.26. The molecule has 0 bridgehead atoms. The fraction of sp³-hybridized carbons (Fsp3) is 0.0667. The average molecular weight is 360 g/mol. The number of fused-ring (bicyclic) bond motifs is 1. The van der Waals surface area contributed by atoms with Crippen LogP contribution in [-0.2, 0) is 0 Å². The molecule has 24 heavy (non-hydrogen) atoms. The summed E-state index contributed by atoms with van der Waals surface area (Å²) >= 11 is 12.5. The molecule has 1 aromatic carbocycles. The first-order valence-corrected chi connectivity index (χ1v) is 7.81. The highest BCUT2D eigenvalue weighted by Gasteiger charge is 2.16. The van der Waals surface area contributed by atoms with Crippen molar-refractivity contribution in [2.45, 2.75) is 6.92 Å². The molecule has 0 spiro atoms. The molecule has 0 aliphatic rings. The first-order valence-electron chi connectivity index (χ1n) is 7.05. The van der Waals surface area contributed by atoms with Crippen LogP contribution in [0.15, 0.2) is 30.7 Å². The van der Waals surface area contributed by atoms with Crippen LogP contribution in [0.5, 0.6) is 0 Å². The molecule has 0 fully saturated rings. The predicted molar refractivity (Wildman–Crippen MR) is 93.7 cm³/mol. The molecule has 0 saturated heterocycles. The number of aromatic amines is 2. The van der Waals surface area contributed by atoms with E-state index in [-0.39, 0.29) is 0 Å². The van der Waals surface area contributed by atoms with E-state index in [9.17, 15) is 0 Å². The summed E-state index contributed by atoms with van der Waals surface area (Å²) in [6, 6.07) is 5.30. The number of imidazole rings is 1. The normalized spacial score (nSPS) is 11.1. The molecule has 0 radical (unpaired) electrons. The Labute approximate surface area is 146 Å². The monoisotopic (exact) mass is 359 g/mol. The Morgan fingerprint density at radius 3 is 2.62 bits per heavy atom. The Morgan fingerprint density at radius 2 is 1.92 bits per heavy atom. The summed E-state index contributed by atoms with van der Waals surface area (Å²) in [6.07, 6.45) is 3.13. The number of benzene rings is 1. The molecule has 0 unspecified atom stereocenters. The van der Waals surface area contributed by atoms with Crippen molar-refractivity contribution in [3.05, 3.63) is 46.5 Å². The molecular formula is C15H11Cl2N7. The van der Waals surface area contributed by atoms with Gasteiger partial charge in [-0.1, -0.05) is 29.3 Å². The lowest BCUT2D eigenvalue weighted by molar-refractivity contribution is 1.05. The SMILES string of the molecule is Cc1[nH]ncc1Nc1ncnc2nc(-c3c(Cl)cccc3Cl)[nH]c12. The third-order valence-electron chi connectivity index (χ3n) is 3.57. The van der Waals surface area contributed by atoms with Gasteiger partial charge in [0.2, 0.25) is 0 Å². The highest BCUT2D eigenvalue weighted by atomic mass is 35.5. The number of hydrogen-bond donors (Lipinski definition) is 3. The van der Waals surface area contributed by atoms with Crippen LogP contribution < -0.4 is 5.32 Å². The number of anilines is 2. The predicted octanol–water partition coefficient (Wildman–Crippen LogP) is 4.10. The van der Waals surface area contributed by atoms with E-state index in [4.69, 9.17) is 23.2 Å². The minimum absolute atomic E-state index is 0.509. The number of aryl methyl sites for hydroxylation is 1. The van der Waals surface area contributed by atoms with Crippen molar-refractivity contribution in [1.82, 2.24) is 30.1 Å². The zero-order valence-electron chi connectivity index (χ0n) is 12.4. The first kappa shape index (κ1) is 14.9. The molecule has 4 rings (SSSR count). The largest absolute Gasteiger partial charge is 0.336 e. The molecule has 9 heteroatoms. The molecule has 0 atom stereocenters. The molecule has 4 aromatic rings. The minimum atomic E-state index is 0.509. The summed E-state index contributed by atoms with van der Waals surface area (Å²) < 4.78 is 0. The Morgan fingerprint density at radius 1 is 1.12 bits per heavy atom. The topological polar surface area (TPSA) is 95.2 Å². The number of halogens is 2. The van der Waals surface area contributed by atoms with Crippen molar-refractivity contribution in [3.63, 3.8) is 0 Å². The number of hydrogen-bond acceptors (Lipinski definition) is 5. The molecule has 0 saturated carbocycles. The van der Waals surface area contributed by atoms with Crippen LogP contribution in [0.2, 0.25) is 10.0 Å². The van der Waals surface area contributed by atoms with E-state index in [2.05, 4.69) is 35.5 Å². The highest BCUT2D eigenvalue weighted by Crippen LogP contribution is 2.34. The standard InChI is InChI=1S/C15H11Cl2N7/c1-7-10(5-20-24-7)21-14-12-15(19-6-18-14)23-13(22-12)11-8(16)3-2-4-9(11)17/h2-6H,1H3,(H,20,24)(H2,18,19,21,22,23). The van der Waals surface area contributed by atoms with Crippen molar-refractivity contribution < 1.29 is 0 Å². The van der Waals surface area contributed by atoms with Gasteiger partial charge >= 0.3 is 0 Å². The number of H-pyrrole nitrogens is 2. The van der Waals surface area contributed by atoms with Gasteiger partial charge in [-0.2, -0.15) is 5.10 Å². The summed E-state index contributed by atoms with van der Waals surface area (Å²) in [5.74, 6) is 1.12. The average Bonchev–Trinajstić information content (AvgIpc) is 3.14. The Kier molecular flexibility index (Phi) is 3.59. The number of rotatable bonds is 3. The Balaban J connectivity index is 1.84. The van der Waals surface area contributed by atoms with Crippen LogP contribution in [0.1, 0.15) is 5.69 Å². The second-order valence-electron chi connectivity index (χ2n) is 5.14. The lowest BCUT2D eigenvalue weighted by atomic mass is 10.2. The van der Waals surface area contributed by atoms with Gasteiger partial charge in [0.1, 0.15) is 17.7 Å². The quantitative estimate of drug-likeness (QED) is 0.511. The van der Waals surface area contributed by atoms with Crippen molar-refractivity contribution >= 4 is 45.9 Å². The number of nitrogens with one attached hydrogen (secondary N) is 3. The van der Waals surface area contributed by atoms with Gasteiger partial charge in [0.05, 0.1) is 33.2 Å². The summed E-state index contributed by atoms with van der Waals surface area (Å²) in [5, 5.41) is 11.1. The zero-order chi connectivity index (χ0) is 16.7. The molecule has 3 heterocycles. The van der Waals surface area contributed by atoms with E-state index < -0.39 is 0 Å². The van der Waals surface area contributed by atoms with Gasteiger partial charge in [-0.15, -0.1) is 0 Å². The number of aromatic nitrogens is 6. The van der Waals surface area contributed by atoms with E-state index >= 15 is 0 Å². The first-order chi connectivity index (χ1) is 11.6. The van der Waals surface area contributed by atoms with Crippen LogP contribution >= 0.6 is 23.2 Å². The molecule has 3 aromatic heterocycles. The van der Waals surface area contributed by atoms with Gasteiger partial charge in [0.25, 0.3) is 0 Å². The molecule has 0 amide bonds. The Hall–Kier alpha value is -2.64. The van der Waals surface area contributed by atoms with Crippen molar-refractivity contribution in [3.8, 4) is 11.4 Å². The maximum atomic E-state index is 6.26. The van der Waals surface area contributed by atoms with Crippen molar-refractivity contribution in [2.24, 2.45) is 0 Å². The summed E-state index contributed by atoms with van der Waals surface area (Å²) in [7, 11) is 0. The number of nitrogens with zero attached hydrogens (tertiary/aromatic N) is 4. The molecule has 0 aliphatic carbocycles. The summed E-state index contributed by atoms with van der Waals surface area (Å²) in [4.78, 5) is 16.1. The van der Waals surface area contributed by atoms with E-state index in [1.54, 1.807) is 24.4 Å². The molecule has 3 N–H and O–H groups in total. The summed E-state index contributed by atoms with van der Waals surface area (Å²) in [6.45, 7) is 1.91.